The van der Waals surface area contributed by atoms with Gasteiger partial charge in [-0.2, -0.15) is 0 Å². The lowest BCUT2D eigenvalue weighted by molar-refractivity contribution is -0.113. The molecule has 1 heterocycles. The maximum atomic E-state index is 12.3. The summed E-state index contributed by atoms with van der Waals surface area (Å²) < 4.78 is 2.91. The van der Waals surface area contributed by atoms with Gasteiger partial charge in [0.15, 0.2) is 11.0 Å². The Balaban J connectivity index is 1.60. The highest BCUT2D eigenvalue weighted by molar-refractivity contribution is 14.1. The maximum Gasteiger partial charge on any atom is 0.251 e. The predicted molar refractivity (Wildman–Crippen MR) is 131 cm³/mol. The Morgan fingerprint density at radius 2 is 1.97 bits per heavy atom. The van der Waals surface area contributed by atoms with E-state index in [0.717, 1.165) is 9.26 Å². The number of carbonyl (C=O) groups excluding carboxylic acids is 2. The molecule has 0 atom stereocenters. The molecule has 0 unspecified atom stereocenters. The van der Waals surface area contributed by atoms with Crippen LogP contribution >= 0.6 is 46.0 Å². The van der Waals surface area contributed by atoms with Crippen LogP contribution < -0.4 is 10.6 Å². The number of amides is 2. The minimum atomic E-state index is -0.262. The van der Waals surface area contributed by atoms with E-state index < -0.39 is 0 Å². The van der Waals surface area contributed by atoms with E-state index in [1.54, 1.807) is 30.3 Å². The van der Waals surface area contributed by atoms with Crippen LogP contribution in [-0.4, -0.2) is 32.3 Å². The molecule has 31 heavy (non-hydrogen) atoms. The smallest absolute Gasteiger partial charge is 0.251 e. The van der Waals surface area contributed by atoms with Crippen LogP contribution in [0.2, 0.25) is 5.02 Å². The zero-order valence-electron chi connectivity index (χ0n) is 16.3. The second-order valence-corrected chi connectivity index (χ2v) is 8.96. The van der Waals surface area contributed by atoms with Crippen LogP contribution in [-0.2, 0) is 17.9 Å². The maximum absolute atomic E-state index is 12.3. The molecule has 0 aliphatic carbocycles. The number of allylic oxidation sites excluding steroid dienone is 1. The standard InChI is InChI=1S/C21H19ClIN5O2S/c1-2-10-28-18(12-24-20(30)14-4-3-5-15(22)11-14)26-27-21(28)31-13-19(29)25-17-8-6-16(23)7-9-17/h2-9,11H,1,10,12-13H2,(H,24,30)(H,25,29). The number of hydrogen-bond acceptors (Lipinski definition) is 5. The topological polar surface area (TPSA) is 88.9 Å². The number of hydrogen-bond donors (Lipinski definition) is 2. The van der Waals surface area contributed by atoms with Gasteiger partial charge in [0.25, 0.3) is 5.91 Å². The normalized spacial score (nSPS) is 10.5. The number of benzene rings is 2. The van der Waals surface area contributed by atoms with Crippen molar-refractivity contribution in [3.63, 3.8) is 0 Å². The number of nitrogens with zero attached hydrogens (tertiary/aromatic N) is 3. The van der Waals surface area contributed by atoms with E-state index in [4.69, 9.17) is 11.6 Å². The summed E-state index contributed by atoms with van der Waals surface area (Å²) in [5.74, 6) is 0.337. The number of nitrogens with one attached hydrogen (secondary N) is 2. The van der Waals surface area contributed by atoms with Gasteiger partial charge in [-0.1, -0.05) is 35.5 Å². The first kappa shape index (κ1) is 23.3. The highest BCUT2D eigenvalue weighted by atomic mass is 127. The molecule has 0 saturated carbocycles. The molecule has 10 heteroatoms. The summed E-state index contributed by atoms with van der Waals surface area (Å²) >= 11 is 9.42. The van der Waals surface area contributed by atoms with Gasteiger partial charge in [-0.05, 0) is 65.1 Å². The minimum absolute atomic E-state index is 0.143. The van der Waals surface area contributed by atoms with Crippen LogP contribution in [0.1, 0.15) is 16.2 Å². The van der Waals surface area contributed by atoms with Crippen molar-refractivity contribution in [2.75, 3.05) is 11.1 Å². The van der Waals surface area contributed by atoms with Crippen molar-refractivity contribution in [2.45, 2.75) is 18.2 Å². The number of halogens is 2. The minimum Gasteiger partial charge on any atom is -0.345 e. The zero-order chi connectivity index (χ0) is 22.2. The highest BCUT2D eigenvalue weighted by Crippen LogP contribution is 2.19. The van der Waals surface area contributed by atoms with Gasteiger partial charge in [-0.15, -0.1) is 16.8 Å². The first-order valence-electron chi connectivity index (χ1n) is 9.21. The molecular weight excluding hydrogens is 549 g/mol. The van der Waals surface area contributed by atoms with Crippen LogP contribution in [0, 0.1) is 3.57 Å². The Morgan fingerprint density at radius 1 is 1.19 bits per heavy atom. The Bertz CT molecular complexity index is 1090. The van der Waals surface area contributed by atoms with Crippen molar-refractivity contribution in [2.24, 2.45) is 0 Å². The molecule has 2 N–H and O–H groups in total. The largest absolute Gasteiger partial charge is 0.345 e. The number of carbonyl (C=O) groups is 2. The van der Waals surface area contributed by atoms with E-state index in [2.05, 4.69) is 50.0 Å². The Morgan fingerprint density at radius 3 is 2.68 bits per heavy atom. The van der Waals surface area contributed by atoms with Gasteiger partial charge in [-0.25, -0.2) is 0 Å². The van der Waals surface area contributed by atoms with Crippen LogP contribution in [0.25, 0.3) is 0 Å². The molecule has 1 aromatic heterocycles. The van der Waals surface area contributed by atoms with E-state index in [1.165, 1.54) is 11.8 Å². The van der Waals surface area contributed by atoms with Gasteiger partial charge < -0.3 is 15.2 Å². The number of rotatable bonds is 9. The fraction of sp³-hybridized carbons (Fsp3) is 0.143. The molecule has 0 spiro atoms. The summed E-state index contributed by atoms with van der Waals surface area (Å²) in [4.78, 5) is 24.6. The fourth-order valence-corrected chi connectivity index (χ4v) is 3.94. The molecule has 3 rings (SSSR count). The number of thioether (sulfide) groups is 1. The first-order valence-corrected chi connectivity index (χ1v) is 11.7. The number of aromatic nitrogens is 3. The second kappa shape index (κ2) is 11.3. The van der Waals surface area contributed by atoms with Crippen molar-refractivity contribution >= 4 is 63.5 Å². The Labute approximate surface area is 202 Å². The van der Waals surface area contributed by atoms with Crippen LogP contribution in [0.3, 0.4) is 0 Å². The Kier molecular flexibility index (Phi) is 8.50. The second-order valence-electron chi connectivity index (χ2n) is 6.33. The van der Waals surface area contributed by atoms with Crippen LogP contribution in [0.5, 0.6) is 0 Å². The molecule has 0 aliphatic heterocycles. The van der Waals surface area contributed by atoms with Gasteiger partial charge >= 0.3 is 0 Å². The summed E-state index contributed by atoms with van der Waals surface area (Å²) in [6, 6.07) is 14.3. The van der Waals surface area contributed by atoms with E-state index in [0.29, 0.717) is 28.1 Å². The average molecular weight is 568 g/mol. The predicted octanol–water partition coefficient (Wildman–Crippen LogP) is 4.38. The first-order chi connectivity index (χ1) is 15.0. The van der Waals surface area contributed by atoms with Gasteiger partial charge in [0, 0.05) is 26.4 Å². The molecule has 0 radical (unpaired) electrons. The van der Waals surface area contributed by atoms with Crippen LogP contribution in [0.4, 0.5) is 5.69 Å². The third-order valence-electron chi connectivity index (χ3n) is 4.06. The summed E-state index contributed by atoms with van der Waals surface area (Å²) in [6.45, 7) is 4.40. The van der Waals surface area contributed by atoms with Crippen LogP contribution in [0.15, 0.2) is 66.3 Å². The lowest BCUT2D eigenvalue weighted by atomic mass is 10.2. The van der Waals surface area contributed by atoms with Crippen molar-refractivity contribution in [1.82, 2.24) is 20.1 Å². The van der Waals surface area contributed by atoms with E-state index in [-0.39, 0.29) is 24.1 Å². The molecular formula is C21H19ClIN5O2S. The van der Waals surface area contributed by atoms with Gasteiger partial charge in [0.1, 0.15) is 0 Å². The summed E-state index contributed by atoms with van der Waals surface area (Å²) in [5, 5.41) is 15.1. The SMILES string of the molecule is C=CCn1c(CNC(=O)c2cccc(Cl)c2)nnc1SCC(=O)Nc1ccc(I)cc1. The lowest BCUT2D eigenvalue weighted by Crippen LogP contribution is -2.24. The molecule has 0 fully saturated rings. The van der Waals surface area contributed by atoms with Gasteiger partial charge in [-0.3, -0.25) is 9.59 Å². The van der Waals surface area contributed by atoms with Crippen molar-refractivity contribution in [3.8, 4) is 0 Å². The molecule has 2 amide bonds. The molecule has 0 saturated heterocycles. The average Bonchev–Trinajstić information content (AvgIpc) is 3.14. The molecule has 7 nitrogen and oxygen atoms in total. The molecule has 3 aromatic rings. The van der Waals surface area contributed by atoms with E-state index in [1.807, 2.05) is 28.8 Å². The third-order valence-corrected chi connectivity index (χ3v) is 5.98. The van der Waals surface area contributed by atoms with Crippen molar-refractivity contribution < 1.29 is 9.59 Å². The Hall–Kier alpha value is -2.37. The number of anilines is 1. The summed E-state index contributed by atoms with van der Waals surface area (Å²) in [6.07, 6.45) is 1.71. The van der Waals surface area contributed by atoms with Crippen molar-refractivity contribution in [1.29, 1.82) is 0 Å². The third kappa shape index (κ3) is 6.81. The molecule has 2 aromatic carbocycles. The zero-order valence-corrected chi connectivity index (χ0v) is 20.1. The van der Waals surface area contributed by atoms with E-state index in [9.17, 15) is 9.59 Å². The lowest BCUT2D eigenvalue weighted by Gasteiger charge is -2.09. The van der Waals surface area contributed by atoms with Gasteiger partial charge in [0.05, 0.1) is 12.3 Å². The highest BCUT2D eigenvalue weighted by Gasteiger charge is 2.15. The van der Waals surface area contributed by atoms with Crippen molar-refractivity contribution in [3.05, 3.63) is 81.2 Å². The quantitative estimate of drug-likeness (QED) is 0.228. The van der Waals surface area contributed by atoms with E-state index >= 15 is 0 Å². The van der Waals surface area contributed by atoms with Gasteiger partial charge in [0.2, 0.25) is 5.91 Å². The monoisotopic (exact) mass is 567 g/mol. The molecule has 0 aliphatic rings. The fourth-order valence-electron chi connectivity index (χ4n) is 2.62. The molecule has 160 valence electrons. The molecule has 0 bridgehead atoms. The summed E-state index contributed by atoms with van der Waals surface area (Å²) in [7, 11) is 0. The summed E-state index contributed by atoms with van der Waals surface area (Å²) in [5.41, 5.74) is 1.20.